The van der Waals surface area contributed by atoms with Crippen LogP contribution < -0.4 is 11.1 Å². The van der Waals surface area contributed by atoms with Crippen LogP contribution in [-0.2, 0) is 4.79 Å². The summed E-state index contributed by atoms with van der Waals surface area (Å²) in [6, 6.07) is 0.533. The number of likely N-dealkylation sites (tertiary alicyclic amines) is 1. The first kappa shape index (κ1) is 11.5. The molecular weight excluding hydrogens is 178 g/mol. The fourth-order valence-electron chi connectivity index (χ4n) is 1.63. The topological polar surface area (TPSA) is 58.4 Å². The molecule has 1 fully saturated rings. The Morgan fingerprint density at radius 2 is 2.43 bits per heavy atom. The van der Waals surface area contributed by atoms with Crippen molar-refractivity contribution in [3.8, 4) is 0 Å². The van der Waals surface area contributed by atoms with Crippen LogP contribution in [0.2, 0.25) is 0 Å². The van der Waals surface area contributed by atoms with Gasteiger partial charge in [0.1, 0.15) is 0 Å². The summed E-state index contributed by atoms with van der Waals surface area (Å²) < 4.78 is 0. The van der Waals surface area contributed by atoms with E-state index in [1.807, 2.05) is 6.92 Å². The second-order valence-electron chi connectivity index (χ2n) is 4.16. The molecule has 1 amide bonds. The molecule has 82 valence electrons. The second-order valence-corrected chi connectivity index (χ2v) is 4.16. The van der Waals surface area contributed by atoms with Gasteiger partial charge in [-0.25, -0.2) is 0 Å². The summed E-state index contributed by atoms with van der Waals surface area (Å²) >= 11 is 0. The largest absolute Gasteiger partial charge is 0.353 e. The molecule has 4 heteroatoms. The number of amides is 1. The molecule has 0 bridgehead atoms. The standard InChI is InChI=1S/C10H21N3O/c1-3-8(2)12-10(14)7-13-5-4-9(11)6-13/h8-9H,3-7,11H2,1-2H3,(H,12,14)/t8-,9-/m0/s1. The third-order valence-corrected chi connectivity index (χ3v) is 2.70. The van der Waals surface area contributed by atoms with Crippen LogP contribution in [0.1, 0.15) is 26.7 Å². The number of rotatable bonds is 4. The van der Waals surface area contributed by atoms with Crippen molar-refractivity contribution >= 4 is 5.91 Å². The van der Waals surface area contributed by atoms with Gasteiger partial charge in [-0.05, 0) is 19.8 Å². The lowest BCUT2D eigenvalue weighted by Crippen LogP contribution is -2.40. The molecule has 0 aromatic heterocycles. The number of carbonyl (C=O) groups excluding carboxylic acids is 1. The molecule has 1 aliphatic heterocycles. The van der Waals surface area contributed by atoms with Crippen LogP contribution in [0.3, 0.4) is 0 Å². The Morgan fingerprint density at radius 1 is 1.71 bits per heavy atom. The molecule has 0 spiro atoms. The highest BCUT2D eigenvalue weighted by molar-refractivity contribution is 5.78. The third kappa shape index (κ3) is 3.64. The van der Waals surface area contributed by atoms with E-state index in [4.69, 9.17) is 5.73 Å². The molecule has 2 atom stereocenters. The van der Waals surface area contributed by atoms with E-state index in [0.29, 0.717) is 6.54 Å². The highest BCUT2D eigenvalue weighted by Gasteiger charge is 2.21. The van der Waals surface area contributed by atoms with Crippen molar-refractivity contribution in [1.82, 2.24) is 10.2 Å². The van der Waals surface area contributed by atoms with Gasteiger partial charge in [-0.15, -0.1) is 0 Å². The second kappa shape index (κ2) is 5.32. The van der Waals surface area contributed by atoms with Gasteiger partial charge in [0.25, 0.3) is 0 Å². The zero-order valence-electron chi connectivity index (χ0n) is 9.12. The molecule has 1 rings (SSSR count). The third-order valence-electron chi connectivity index (χ3n) is 2.70. The molecule has 3 N–H and O–H groups in total. The maximum absolute atomic E-state index is 11.5. The van der Waals surface area contributed by atoms with E-state index in [-0.39, 0.29) is 18.0 Å². The van der Waals surface area contributed by atoms with Crippen molar-refractivity contribution in [3.63, 3.8) is 0 Å². The minimum absolute atomic E-state index is 0.119. The van der Waals surface area contributed by atoms with E-state index in [2.05, 4.69) is 17.1 Å². The highest BCUT2D eigenvalue weighted by atomic mass is 16.2. The lowest BCUT2D eigenvalue weighted by molar-refractivity contribution is -0.122. The molecule has 0 radical (unpaired) electrons. The average Bonchev–Trinajstić information content (AvgIpc) is 2.50. The van der Waals surface area contributed by atoms with Gasteiger partial charge in [-0.3, -0.25) is 9.69 Å². The Morgan fingerprint density at radius 3 is 2.93 bits per heavy atom. The van der Waals surface area contributed by atoms with E-state index in [0.717, 1.165) is 25.9 Å². The summed E-state index contributed by atoms with van der Waals surface area (Å²) in [7, 11) is 0. The lowest BCUT2D eigenvalue weighted by Gasteiger charge is -2.17. The lowest BCUT2D eigenvalue weighted by atomic mass is 10.2. The summed E-state index contributed by atoms with van der Waals surface area (Å²) in [4.78, 5) is 13.6. The number of nitrogens with zero attached hydrogens (tertiary/aromatic N) is 1. The van der Waals surface area contributed by atoms with Gasteiger partial charge in [0.05, 0.1) is 6.54 Å². The van der Waals surface area contributed by atoms with Gasteiger partial charge in [-0.2, -0.15) is 0 Å². The van der Waals surface area contributed by atoms with Crippen molar-refractivity contribution in [2.75, 3.05) is 19.6 Å². The summed E-state index contributed by atoms with van der Waals surface area (Å²) in [5.41, 5.74) is 5.75. The van der Waals surface area contributed by atoms with Crippen molar-refractivity contribution in [2.45, 2.75) is 38.8 Å². The number of hydrogen-bond acceptors (Lipinski definition) is 3. The zero-order valence-corrected chi connectivity index (χ0v) is 9.12. The van der Waals surface area contributed by atoms with Crippen LogP contribution in [0.25, 0.3) is 0 Å². The summed E-state index contributed by atoms with van der Waals surface area (Å²) in [6.07, 6.45) is 1.99. The molecule has 4 nitrogen and oxygen atoms in total. The van der Waals surface area contributed by atoms with E-state index < -0.39 is 0 Å². The molecule has 1 saturated heterocycles. The fraction of sp³-hybridized carbons (Fsp3) is 0.900. The average molecular weight is 199 g/mol. The van der Waals surface area contributed by atoms with Crippen LogP contribution in [-0.4, -0.2) is 42.5 Å². The van der Waals surface area contributed by atoms with Crippen LogP contribution in [0.15, 0.2) is 0 Å². The smallest absolute Gasteiger partial charge is 0.234 e. The van der Waals surface area contributed by atoms with Gasteiger partial charge < -0.3 is 11.1 Å². The summed E-state index contributed by atoms with van der Waals surface area (Å²) in [5.74, 6) is 0.119. The normalized spacial score (nSPS) is 24.9. The van der Waals surface area contributed by atoms with Gasteiger partial charge in [0.15, 0.2) is 0 Å². The summed E-state index contributed by atoms with van der Waals surface area (Å²) in [6.45, 7) is 6.39. The predicted octanol–water partition coefficient (Wildman–Crippen LogP) is -0.0659. The van der Waals surface area contributed by atoms with Crippen LogP contribution in [0.4, 0.5) is 0 Å². The molecule has 1 heterocycles. The first-order chi connectivity index (χ1) is 6.61. The van der Waals surface area contributed by atoms with E-state index >= 15 is 0 Å². The quantitative estimate of drug-likeness (QED) is 0.666. The Labute approximate surface area is 85.8 Å². The Hall–Kier alpha value is -0.610. The van der Waals surface area contributed by atoms with Gasteiger partial charge >= 0.3 is 0 Å². The van der Waals surface area contributed by atoms with E-state index in [1.54, 1.807) is 0 Å². The number of hydrogen-bond donors (Lipinski definition) is 2. The minimum atomic E-state index is 0.119. The first-order valence-electron chi connectivity index (χ1n) is 5.39. The first-order valence-corrected chi connectivity index (χ1v) is 5.39. The van der Waals surface area contributed by atoms with Crippen LogP contribution >= 0.6 is 0 Å². The van der Waals surface area contributed by atoms with Gasteiger partial charge in [-0.1, -0.05) is 6.92 Å². The Bertz CT molecular complexity index is 196. The SMILES string of the molecule is CC[C@H](C)NC(=O)CN1CC[C@H](N)C1. The maximum Gasteiger partial charge on any atom is 0.234 e. The van der Waals surface area contributed by atoms with Gasteiger partial charge in [0.2, 0.25) is 5.91 Å². The molecule has 0 aromatic rings. The number of carbonyl (C=O) groups is 1. The molecule has 1 aliphatic rings. The molecular formula is C10H21N3O. The fourth-order valence-corrected chi connectivity index (χ4v) is 1.63. The number of nitrogens with one attached hydrogen (secondary N) is 1. The van der Waals surface area contributed by atoms with Crippen molar-refractivity contribution in [2.24, 2.45) is 5.73 Å². The van der Waals surface area contributed by atoms with Crippen molar-refractivity contribution in [1.29, 1.82) is 0 Å². The van der Waals surface area contributed by atoms with E-state index in [9.17, 15) is 4.79 Å². The van der Waals surface area contributed by atoms with Gasteiger partial charge in [0, 0.05) is 25.2 Å². The van der Waals surface area contributed by atoms with E-state index in [1.165, 1.54) is 0 Å². The molecule has 0 aromatic carbocycles. The van der Waals surface area contributed by atoms with Crippen LogP contribution in [0.5, 0.6) is 0 Å². The van der Waals surface area contributed by atoms with Crippen molar-refractivity contribution < 1.29 is 4.79 Å². The Kier molecular flexibility index (Phi) is 4.35. The zero-order chi connectivity index (χ0) is 10.6. The molecule has 14 heavy (non-hydrogen) atoms. The van der Waals surface area contributed by atoms with Crippen LogP contribution in [0, 0.1) is 0 Å². The molecule has 0 saturated carbocycles. The summed E-state index contributed by atoms with van der Waals surface area (Å²) in [5, 5.41) is 2.95. The monoisotopic (exact) mass is 199 g/mol. The molecule has 0 unspecified atom stereocenters. The molecule has 0 aliphatic carbocycles. The Balaban J connectivity index is 2.20. The maximum atomic E-state index is 11.5. The minimum Gasteiger partial charge on any atom is -0.353 e. The number of nitrogens with two attached hydrogens (primary N) is 1. The predicted molar refractivity (Wildman–Crippen MR) is 56.9 cm³/mol. The van der Waals surface area contributed by atoms with Crippen molar-refractivity contribution in [3.05, 3.63) is 0 Å². The highest BCUT2D eigenvalue weighted by Crippen LogP contribution is 2.05.